The minimum atomic E-state index is -0.108. The molecule has 0 bridgehead atoms. The molecule has 0 aliphatic carbocycles. The number of benzene rings is 1. The van der Waals surface area contributed by atoms with Gasteiger partial charge >= 0.3 is 0 Å². The molecule has 0 saturated carbocycles. The van der Waals surface area contributed by atoms with Gasteiger partial charge in [-0.15, -0.1) is 0 Å². The van der Waals surface area contributed by atoms with Crippen LogP contribution in [0.15, 0.2) is 28.9 Å². The summed E-state index contributed by atoms with van der Waals surface area (Å²) in [6.07, 6.45) is 3.59. The maximum Gasteiger partial charge on any atom is 0.251 e. The molecule has 0 aliphatic rings. The summed E-state index contributed by atoms with van der Waals surface area (Å²) in [6, 6.07) is 5.17. The number of nitrogens with one attached hydrogen (secondary N) is 2. The van der Waals surface area contributed by atoms with Crippen molar-refractivity contribution in [2.75, 3.05) is 6.54 Å². The van der Waals surface area contributed by atoms with E-state index in [4.69, 9.17) is 11.6 Å². The van der Waals surface area contributed by atoms with E-state index in [9.17, 15) is 4.79 Å². The lowest BCUT2D eigenvalue weighted by Crippen LogP contribution is -2.24. The Labute approximate surface area is 131 Å². The predicted octanol–water partition coefficient (Wildman–Crippen LogP) is 3.50. The van der Waals surface area contributed by atoms with E-state index in [1.807, 2.05) is 13.1 Å². The van der Waals surface area contributed by atoms with Gasteiger partial charge in [0.1, 0.15) is 0 Å². The lowest BCUT2D eigenvalue weighted by molar-refractivity contribution is 0.0953. The molecule has 1 aromatic heterocycles. The standard InChI is InChI=1S/C14H15BrClN3O/c1-9-11(8-18-19-9)3-2-6-17-14(20)10-4-5-12(15)13(16)7-10/h4-5,7-8H,2-3,6H2,1H3,(H,17,20)(H,18,19). The molecule has 2 N–H and O–H groups in total. The second-order valence-corrected chi connectivity index (χ2v) is 5.77. The van der Waals surface area contributed by atoms with E-state index in [0.717, 1.165) is 23.0 Å². The van der Waals surface area contributed by atoms with Gasteiger partial charge in [0.05, 0.1) is 11.2 Å². The number of H-pyrrole nitrogens is 1. The van der Waals surface area contributed by atoms with E-state index < -0.39 is 0 Å². The Balaban J connectivity index is 1.80. The summed E-state index contributed by atoms with van der Waals surface area (Å²) in [5, 5.41) is 10.3. The number of amides is 1. The monoisotopic (exact) mass is 355 g/mol. The Morgan fingerprint density at radius 3 is 2.95 bits per heavy atom. The van der Waals surface area contributed by atoms with Crippen molar-refractivity contribution in [3.8, 4) is 0 Å². The van der Waals surface area contributed by atoms with Gasteiger partial charge in [-0.1, -0.05) is 11.6 Å². The van der Waals surface area contributed by atoms with Gasteiger partial charge in [0.25, 0.3) is 5.91 Å². The van der Waals surface area contributed by atoms with Gasteiger partial charge in [0.15, 0.2) is 0 Å². The van der Waals surface area contributed by atoms with Crippen LogP contribution in [0.3, 0.4) is 0 Å². The van der Waals surface area contributed by atoms with Crippen LogP contribution in [0.25, 0.3) is 0 Å². The van der Waals surface area contributed by atoms with Crippen molar-refractivity contribution in [1.29, 1.82) is 0 Å². The van der Waals surface area contributed by atoms with Gasteiger partial charge in [-0.2, -0.15) is 5.10 Å². The number of nitrogens with zero attached hydrogens (tertiary/aromatic N) is 1. The summed E-state index contributed by atoms with van der Waals surface area (Å²) >= 11 is 9.27. The lowest BCUT2D eigenvalue weighted by Gasteiger charge is -2.06. The van der Waals surface area contributed by atoms with E-state index in [0.29, 0.717) is 17.1 Å². The van der Waals surface area contributed by atoms with Crippen molar-refractivity contribution in [3.05, 3.63) is 50.7 Å². The first-order valence-corrected chi connectivity index (χ1v) is 7.47. The number of hydrogen-bond donors (Lipinski definition) is 2. The SMILES string of the molecule is Cc1[nH]ncc1CCCNC(=O)c1ccc(Br)c(Cl)c1. The molecular weight excluding hydrogens is 342 g/mol. The fourth-order valence-corrected chi connectivity index (χ4v) is 2.28. The molecule has 0 atom stereocenters. The highest BCUT2D eigenvalue weighted by molar-refractivity contribution is 9.10. The van der Waals surface area contributed by atoms with E-state index >= 15 is 0 Å². The number of rotatable bonds is 5. The zero-order chi connectivity index (χ0) is 14.5. The molecule has 1 amide bonds. The summed E-state index contributed by atoms with van der Waals surface area (Å²) in [7, 11) is 0. The molecule has 0 spiro atoms. The number of aromatic nitrogens is 2. The Bertz CT molecular complexity index is 612. The van der Waals surface area contributed by atoms with Crippen molar-refractivity contribution in [2.45, 2.75) is 19.8 Å². The Morgan fingerprint density at radius 1 is 1.50 bits per heavy atom. The van der Waals surface area contributed by atoms with Crippen molar-refractivity contribution in [3.63, 3.8) is 0 Å². The van der Waals surface area contributed by atoms with E-state index in [2.05, 4.69) is 31.4 Å². The summed E-state index contributed by atoms with van der Waals surface area (Å²) in [5.41, 5.74) is 2.83. The summed E-state index contributed by atoms with van der Waals surface area (Å²) in [5.74, 6) is -0.108. The molecular formula is C14H15BrClN3O. The Morgan fingerprint density at radius 2 is 2.30 bits per heavy atom. The normalized spacial score (nSPS) is 10.6. The van der Waals surface area contributed by atoms with Crippen LogP contribution in [-0.2, 0) is 6.42 Å². The number of carbonyl (C=O) groups is 1. The fraction of sp³-hybridized carbons (Fsp3) is 0.286. The highest BCUT2D eigenvalue weighted by Crippen LogP contribution is 2.23. The van der Waals surface area contributed by atoms with E-state index in [-0.39, 0.29) is 5.91 Å². The second kappa shape index (κ2) is 6.90. The molecule has 4 nitrogen and oxygen atoms in total. The van der Waals surface area contributed by atoms with Crippen molar-refractivity contribution in [1.82, 2.24) is 15.5 Å². The zero-order valence-electron chi connectivity index (χ0n) is 11.0. The van der Waals surface area contributed by atoms with Crippen LogP contribution in [0.4, 0.5) is 0 Å². The topological polar surface area (TPSA) is 57.8 Å². The predicted molar refractivity (Wildman–Crippen MR) is 83.1 cm³/mol. The van der Waals surface area contributed by atoms with Gasteiger partial charge < -0.3 is 5.32 Å². The molecule has 0 aliphatic heterocycles. The second-order valence-electron chi connectivity index (χ2n) is 4.51. The maximum absolute atomic E-state index is 11.9. The van der Waals surface area contributed by atoms with Crippen molar-refractivity contribution < 1.29 is 4.79 Å². The molecule has 0 unspecified atom stereocenters. The summed E-state index contributed by atoms with van der Waals surface area (Å²) < 4.78 is 0.783. The molecule has 2 rings (SSSR count). The molecule has 6 heteroatoms. The molecule has 106 valence electrons. The van der Waals surface area contributed by atoms with Crippen LogP contribution < -0.4 is 5.32 Å². The molecule has 1 heterocycles. The molecule has 0 radical (unpaired) electrons. The average Bonchev–Trinajstić information content (AvgIpc) is 2.83. The third-order valence-corrected chi connectivity index (χ3v) is 4.26. The number of halogens is 2. The first-order chi connectivity index (χ1) is 9.58. The Hall–Kier alpha value is -1.33. The number of hydrogen-bond acceptors (Lipinski definition) is 2. The van der Waals surface area contributed by atoms with Crippen LogP contribution in [0.2, 0.25) is 5.02 Å². The van der Waals surface area contributed by atoms with Crippen LogP contribution in [0, 0.1) is 6.92 Å². The van der Waals surface area contributed by atoms with Crippen molar-refractivity contribution >= 4 is 33.4 Å². The zero-order valence-corrected chi connectivity index (χ0v) is 13.4. The summed E-state index contributed by atoms with van der Waals surface area (Å²) in [6.45, 7) is 2.61. The molecule has 20 heavy (non-hydrogen) atoms. The quantitative estimate of drug-likeness (QED) is 0.806. The van der Waals surface area contributed by atoms with Gasteiger partial charge in [0, 0.05) is 22.3 Å². The number of carbonyl (C=O) groups excluding carboxylic acids is 1. The molecule has 0 fully saturated rings. The van der Waals surface area contributed by atoms with Crippen molar-refractivity contribution in [2.24, 2.45) is 0 Å². The van der Waals surface area contributed by atoms with Crippen LogP contribution in [0.1, 0.15) is 28.0 Å². The van der Waals surface area contributed by atoms with Crippen LogP contribution in [0.5, 0.6) is 0 Å². The number of aromatic amines is 1. The minimum Gasteiger partial charge on any atom is -0.352 e. The van der Waals surface area contributed by atoms with Gasteiger partial charge in [-0.25, -0.2) is 0 Å². The molecule has 2 aromatic rings. The smallest absolute Gasteiger partial charge is 0.251 e. The Kier molecular flexibility index (Phi) is 5.20. The van der Waals surface area contributed by atoms with E-state index in [1.54, 1.807) is 18.2 Å². The van der Waals surface area contributed by atoms with Gasteiger partial charge in [-0.05, 0) is 59.5 Å². The summed E-state index contributed by atoms with van der Waals surface area (Å²) in [4.78, 5) is 11.9. The maximum atomic E-state index is 11.9. The fourth-order valence-electron chi connectivity index (χ4n) is 1.85. The average molecular weight is 357 g/mol. The van der Waals surface area contributed by atoms with E-state index in [1.165, 1.54) is 5.56 Å². The highest BCUT2D eigenvalue weighted by atomic mass is 79.9. The van der Waals surface area contributed by atoms with Gasteiger partial charge in [0.2, 0.25) is 0 Å². The van der Waals surface area contributed by atoms with Crippen LogP contribution in [-0.4, -0.2) is 22.6 Å². The van der Waals surface area contributed by atoms with Crippen LogP contribution >= 0.6 is 27.5 Å². The first kappa shape index (κ1) is 15.1. The molecule has 0 saturated heterocycles. The third-order valence-electron chi connectivity index (χ3n) is 3.02. The third kappa shape index (κ3) is 3.84. The number of aryl methyl sites for hydroxylation is 2. The lowest BCUT2D eigenvalue weighted by atomic mass is 10.1. The molecule has 1 aromatic carbocycles. The minimum absolute atomic E-state index is 0.108. The first-order valence-electron chi connectivity index (χ1n) is 6.30. The van der Waals surface area contributed by atoms with Gasteiger partial charge in [-0.3, -0.25) is 9.89 Å². The largest absolute Gasteiger partial charge is 0.352 e. The highest BCUT2D eigenvalue weighted by Gasteiger charge is 2.07.